The molecule has 0 saturated carbocycles. The summed E-state index contributed by atoms with van der Waals surface area (Å²) in [6.45, 7) is 9.64. The van der Waals surface area contributed by atoms with Gasteiger partial charge in [0.05, 0.1) is 0 Å². The van der Waals surface area contributed by atoms with E-state index in [2.05, 4.69) is 27.7 Å². The normalized spacial score (nSPS) is 13.2. The van der Waals surface area contributed by atoms with Crippen molar-refractivity contribution in [2.45, 2.75) is 252 Å². The van der Waals surface area contributed by atoms with Crippen molar-refractivity contribution in [2.75, 3.05) is 0 Å². The molecule has 2 atom stereocenters. The molecule has 0 aliphatic rings. The number of unbranched alkanes of at least 4 members (excludes halogenated alkanes) is 28. The van der Waals surface area contributed by atoms with E-state index in [4.69, 9.17) is 0 Å². The molecule has 248 valence electrons. The SMILES string of the molecule is CCCCCCCCCCCCCCCCC(C)CCCCCCCCCC(C)CCCCCCCCCCCC. The third-order valence-electron chi connectivity index (χ3n) is 9.99. The molecule has 0 rings (SSSR count). The van der Waals surface area contributed by atoms with Crippen LogP contribution in [0.3, 0.4) is 0 Å². The van der Waals surface area contributed by atoms with E-state index in [1.54, 1.807) is 0 Å². The van der Waals surface area contributed by atoms with Gasteiger partial charge in [0.2, 0.25) is 0 Å². The summed E-state index contributed by atoms with van der Waals surface area (Å²) in [5.41, 5.74) is 0. The van der Waals surface area contributed by atoms with Gasteiger partial charge in [0, 0.05) is 0 Å². The predicted octanol–water partition coefficient (Wildman–Crippen LogP) is 16.0. The van der Waals surface area contributed by atoms with E-state index in [1.165, 1.54) is 225 Å². The predicted molar refractivity (Wildman–Crippen MR) is 191 cm³/mol. The van der Waals surface area contributed by atoms with E-state index >= 15 is 0 Å². The number of hydrogen-bond donors (Lipinski definition) is 0. The van der Waals surface area contributed by atoms with Crippen LogP contribution in [0, 0.1) is 11.8 Å². The maximum atomic E-state index is 2.51. The first-order valence-corrected chi connectivity index (χ1v) is 20.2. The topological polar surface area (TPSA) is 0 Å². The number of rotatable bonds is 36. The van der Waals surface area contributed by atoms with Crippen molar-refractivity contribution in [1.29, 1.82) is 0 Å². The largest absolute Gasteiger partial charge is 0.0654 e. The van der Waals surface area contributed by atoms with E-state index in [0.29, 0.717) is 0 Å². The fourth-order valence-corrected chi connectivity index (χ4v) is 6.83. The van der Waals surface area contributed by atoms with Crippen molar-refractivity contribution in [3.05, 3.63) is 0 Å². The minimum absolute atomic E-state index is 0.962. The Balaban J connectivity index is 3.23. The molecular weight excluding hydrogens is 492 g/mol. The standard InChI is InChI=1S/C41H84/c1-5-7-9-11-13-15-17-18-19-20-22-25-29-33-37-41(4)39-35-31-27-23-26-30-34-38-40(3)36-32-28-24-21-16-14-12-10-8-6-2/h40-41H,5-39H2,1-4H3. The van der Waals surface area contributed by atoms with Gasteiger partial charge in [0.1, 0.15) is 0 Å². The van der Waals surface area contributed by atoms with Crippen LogP contribution < -0.4 is 0 Å². The van der Waals surface area contributed by atoms with Gasteiger partial charge in [-0.2, -0.15) is 0 Å². The van der Waals surface area contributed by atoms with Crippen LogP contribution in [0.25, 0.3) is 0 Å². The Kier molecular flexibility index (Phi) is 36.2. The smallest absolute Gasteiger partial charge is 0.0443 e. The van der Waals surface area contributed by atoms with E-state index < -0.39 is 0 Å². The third kappa shape index (κ3) is 36.1. The van der Waals surface area contributed by atoms with Crippen LogP contribution in [0.1, 0.15) is 252 Å². The zero-order valence-corrected chi connectivity index (χ0v) is 29.9. The average Bonchev–Trinajstić information content (AvgIpc) is 2.97. The van der Waals surface area contributed by atoms with E-state index in [1.807, 2.05) is 0 Å². The minimum Gasteiger partial charge on any atom is -0.0654 e. The first-order valence-electron chi connectivity index (χ1n) is 20.2. The molecule has 0 N–H and O–H groups in total. The maximum absolute atomic E-state index is 2.51. The second-order valence-corrected chi connectivity index (χ2v) is 14.6. The second-order valence-electron chi connectivity index (χ2n) is 14.6. The van der Waals surface area contributed by atoms with Crippen LogP contribution in [0.4, 0.5) is 0 Å². The molecule has 0 radical (unpaired) electrons. The van der Waals surface area contributed by atoms with Gasteiger partial charge in [0.25, 0.3) is 0 Å². The Hall–Kier alpha value is 0. The lowest BCUT2D eigenvalue weighted by Crippen LogP contribution is -1.96. The zero-order valence-electron chi connectivity index (χ0n) is 29.9. The van der Waals surface area contributed by atoms with Gasteiger partial charge < -0.3 is 0 Å². The molecule has 0 fully saturated rings. The molecule has 0 aliphatic carbocycles. The van der Waals surface area contributed by atoms with E-state index in [-0.39, 0.29) is 0 Å². The second kappa shape index (κ2) is 36.2. The fraction of sp³-hybridized carbons (Fsp3) is 1.00. The van der Waals surface area contributed by atoms with Gasteiger partial charge >= 0.3 is 0 Å². The van der Waals surface area contributed by atoms with Crippen LogP contribution in [0.2, 0.25) is 0 Å². The molecule has 0 aromatic rings. The van der Waals surface area contributed by atoms with Crippen LogP contribution in [0.5, 0.6) is 0 Å². The molecule has 0 heterocycles. The summed E-state index contributed by atoms with van der Waals surface area (Å²) in [5.74, 6) is 1.93. The highest BCUT2D eigenvalue weighted by Gasteiger charge is 2.04. The highest BCUT2D eigenvalue weighted by atomic mass is 14.1. The summed E-state index contributed by atoms with van der Waals surface area (Å²) in [6.07, 6.45) is 51.6. The zero-order chi connectivity index (χ0) is 29.9. The molecule has 0 spiro atoms. The number of hydrogen-bond acceptors (Lipinski definition) is 0. The molecule has 0 amide bonds. The maximum Gasteiger partial charge on any atom is -0.0443 e. The molecule has 0 aromatic carbocycles. The Morgan fingerprint density at radius 2 is 0.366 bits per heavy atom. The molecule has 0 aliphatic heterocycles. The van der Waals surface area contributed by atoms with Crippen molar-refractivity contribution in [3.63, 3.8) is 0 Å². The lowest BCUT2D eigenvalue weighted by atomic mass is 9.95. The highest BCUT2D eigenvalue weighted by Crippen LogP contribution is 2.21. The van der Waals surface area contributed by atoms with Gasteiger partial charge in [-0.05, 0) is 11.8 Å². The van der Waals surface area contributed by atoms with Crippen molar-refractivity contribution >= 4 is 0 Å². The van der Waals surface area contributed by atoms with Gasteiger partial charge in [-0.1, -0.05) is 252 Å². The van der Waals surface area contributed by atoms with Gasteiger partial charge in [-0.25, -0.2) is 0 Å². The van der Waals surface area contributed by atoms with E-state index in [9.17, 15) is 0 Å². The molecule has 0 aromatic heterocycles. The summed E-state index contributed by atoms with van der Waals surface area (Å²) in [6, 6.07) is 0. The summed E-state index contributed by atoms with van der Waals surface area (Å²) >= 11 is 0. The van der Waals surface area contributed by atoms with E-state index in [0.717, 1.165) is 11.8 Å². The quantitative estimate of drug-likeness (QED) is 0.0651. The van der Waals surface area contributed by atoms with Crippen LogP contribution in [-0.4, -0.2) is 0 Å². The summed E-state index contributed by atoms with van der Waals surface area (Å²) in [4.78, 5) is 0. The summed E-state index contributed by atoms with van der Waals surface area (Å²) < 4.78 is 0. The first-order chi connectivity index (χ1) is 20.2. The van der Waals surface area contributed by atoms with Crippen molar-refractivity contribution < 1.29 is 0 Å². The van der Waals surface area contributed by atoms with Crippen LogP contribution in [-0.2, 0) is 0 Å². The van der Waals surface area contributed by atoms with Crippen molar-refractivity contribution in [3.8, 4) is 0 Å². The van der Waals surface area contributed by atoms with Gasteiger partial charge in [-0.15, -0.1) is 0 Å². The molecule has 41 heavy (non-hydrogen) atoms. The molecule has 0 heteroatoms. The highest BCUT2D eigenvalue weighted by molar-refractivity contribution is 4.58. The minimum atomic E-state index is 0.962. The Morgan fingerprint density at radius 3 is 0.537 bits per heavy atom. The van der Waals surface area contributed by atoms with Crippen molar-refractivity contribution in [2.24, 2.45) is 11.8 Å². The first kappa shape index (κ1) is 41.0. The van der Waals surface area contributed by atoms with Gasteiger partial charge in [0.15, 0.2) is 0 Å². The van der Waals surface area contributed by atoms with Gasteiger partial charge in [-0.3, -0.25) is 0 Å². The molecule has 0 nitrogen and oxygen atoms in total. The molecule has 2 unspecified atom stereocenters. The average molecular weight is 577 g/mol. The molecule has 0 bridgehead atoms. The van der Waals surface area contributed by atoms with Crippen LogP contribution >= 0.6 is 0 Å². The lowest BCUT2D eigenvalue weighted by molar-refractivity contribution is 0.421. The van der Waals surface area contributed by atoms with Crippen molar-refractivity contribution in [1.82, 2.24) is 0 Å². The Bertz CT molecular complexity index is 439. The molecular formula is C41H84. The monoisotopic (exact) mass is 577 g/mol. The lowest BCUT2D eigenvalue weighted by Gasteiger charge is -2.12. The third-order valence-corrected chi connectivity index (χ3v) is 9.99. The summed E-state index contributed by atoms with van der Waals surface area (Å²) in [7, 11) is 0. The Labute approximate surface area is 263 Å². The summed E-state index contributed by atoms with van der Waals surface area (Å²) in [5, 5.41) is 0. The Morgan fingerprint density at radius 1 is 0.220 bits per heavy atom. The molecule has 0 saturated heterocycles. The van der Waals surface area contributed by atoms with Crippen LogP contribution in [0.15, 0.2) is 0 Å². The fourth-order valence-electron chi connectivity index (χ4n) is 6.83.